The average Bonchev–Trinajstić information content (AvgIpc) is 2.63. The zero-order valence-electron chi connectivity index (χ0n) is 15.3. The van der Waals surface area contributed by atoms with E-state index in [0.717, 1.165) is 12.2 Å². The predicted octanol–water partition coefficient (Wildman–Crippen LogP) is 4.93. The number of hydrogen-bond acceptors (Lipinski definition) is 5. The van der Waals surface area contributed by atoms with E-state index < -0.39 is 0 Å². The molecule has 0 amide bonds. The van der Waals surface area contributed by atoms with Crippen molar-refractivity contribution in [2.75, 3.05) is 19.0 Å². The van der Waals surface area contributed by atoms with Crippen molar-refractivity contribution in [2.45, 2.75) is 71.1 Å². The largest absolute Gasteiger partial charge is 0.483 e. The van der Waals surface area contributed by atoms with E-state index in [0.29, 0.717) is 18.1 Å². The third-order valence-corrected chi connectivity index (χ3v) is 5.56. The Labute approximate surface area is 155 Å². The molecule has 25 heavy (non-hydrogen) atoms. The van der Waals surface area contributed by atoms with Gasteiger partial charge in [0.25, 0.3) is 0 Å². The molecule has 0 aromatic rings. The lowest BCUT2D eigenvalue weighted by Gasteiger charge is -2.23. The molecule has 0 N–H and O–H groups in total. The van der Waals surface area contributed by atoms with Crippen LogP contribution in [0.2, 0.25) is 0 Å². The number of thioether (sulfide) groups is 1. The Morgan fingerprint density at radius 2 is 1.40 bits per heavy atom. The average molecular weight is 367 g/mol. The maximum absolute atomic E-state index is 12.3. The fourth-order valence-corrected chi connectivity index (χ4v) is 3.99. The van der Waals surface area contributed by atoms with Crippen molar-refractivity contribution in [3.63, 3.8) is 0 Å². The minimum Gasteiger partial charge on any atom is -0.483 e. The van der Waals surface area contributed by atoms with Gasteiger partial charge >= 0.3 is 0 Å². The summed E-state index contributed by atoms with van der Waals surface area (Å²) in [5.74, 6) is 0.597. The molecule has 0 atom stereocenters. The van der Waals surface area contributed by atoms with Gasteiger partial charge in [-0.3, -0.25) is 9.59 Å². The summed E-state index contributed by atoms with van der Waals surface area (Å²) in [4.78, 5) is 24.8. The lowest BCUT2D eigenvalue weighted by atomic mass is 10.1. The molecule has 0 unspecified atom stereocenters. The summed E-state index contributed by atoms with van der Waals surface area (Å²) in [5, 5.41) is 0. The summed E-state index contributed by atoms with van der Waals surface area (Å²) in [5.41, 5.74) is 0. The number of hydrogen-bond donors (Lipinski definition) is 0. The van der Waals surface area contributed by atoms with E-state index in [1.807, 2.05) is 0 Å². The van der Waals surface area contributed by atoms with Crippen LogP contribution in [0.4, 0.5) is 0 Å². The first-order valence-electron chi connectivity index (χ1n) is 9.67. The number of ketones is 2. The lowest BCUT2D eigenvalue weighted by molar-refractivity contribution is -0.123. The van der Waals surface area contributed by atoms with Crippen molar-refractivity contribution in [1.82, 2.24) is 0 Å². The molecule has 1 aliphatic heterocycles. The Balaban J connectivity index is 1.55. The van der Waals surface area contributed by atoms with Crippen LogP contribution in [0, 0.1) is 0 Å². The van der Waals surface area contributed by atoms with Crippen LogP contribution in [-0.4, -0.2) is 30.5 Å². The maximum Gasteiger partial charge on any atom is 0.238 e. The zero-order chi connectivity index (χ0) is 17.9. The molecule has 0 aromatic heterocycles. The zero-order valence-corrected chi connectivity index (χ0v) is 16.1. The molecule has 4 nitrogen and oxygen atoms in total. The summed E-state index contributed by atoms with van der Waals surface area (Å²) >= 11 is 1.46. The molecule has 0 saturated heterocycles. The normalized spacial score (nSPS) is 17.1. The van der Waals surface area contributed by atoms with Crippen molar-refractivity contribution in [3.05, 3.63) is 22.5 Å². The smallest absolute Gasteiger partial charge is 0.238 e. The Hall–Kier alpha value is -1.23. The number of rotatable bonds is 12. The molecule has 2 aliphatic rings. The van der Waals surface area contributed by atoms with Crippen LogP contribution in [0.5, 0.6) is 0 Å². The number of carbonyl (C=O) groups is 2. The summed E-state index contributed by atoms with van der Waals surface area (Å²) in [6.45, 7) is 2.90. The Kier molecular flexibility index (Phi) is 9.16. The van der Waals surface area contributed by atoms with Crippen LogP contribution in [0.1, 0.15) is 71.1 Å². The first-order valence-corrected chi connectivity index (χ1v) is 10.7. The topological polar surface area (TPSA) is 52.6 Å². The van der Waals surface area contributed by atoms with E-state index in [1.165, 1.54) is 75.6 Å². The molecule has 0 spiro atoms. The van der Waals surface area contributed by atoms with Gasteiger partial charge in [-0.2, -0.15) is 0 Å². The molecule has 0 saturated carbocycles. The lowest BCUT2D eigenvalue weighted by Crippen LogP contribution is -2.27. The molecule has 140 valence electrons. The molecular weight excluding hydrogens is 336 g/mol. The van der Waals surface area contributed by atoms with Crippen LogP contribution >= 0.6 is 11.8 Å². The van der Waals surface area contributed by atoms with Crippen molar-refractivity contribution in [3.8, 4) is 0 Å². The van der Waals surface area contributed by atoms with E-state index >= 15 is 0 Å². The van der Waals surface area contributed by atoms with Crippen molar-refractivity contribution in [1.29, 1.82) is 0 Å². The van der Waals surface area contributed by atoms with Crippen LogP contribution in [-0.2, 0) is 19.1 Å². The number of allylic oxidation sites excluding steroid dienone is 2. The van der Waals surface area contributed by atoms with Gasteiger partial charge in [0.15, 0.2) is 0 Å². The molecule has 0 radical (unpaired) electrons. The number of ether oxygens (including phenoxy) is 2. The highest BCUT2D eigenvalue weighted by atomic mass is 32.2. The number of carbonyl (C=O) groups excluding carboxylic acids is 2. The molecule has 0 aromatic carbocycles. The second kappa shape index (κ2) is 11.4. The van der Waals surface area contributed by atoms with E-state index in [1.54, 1.807) is 0 Å². The van der Waals surface area contributed by atoms with Gasteiger partial charge in [0.05, 0.1) is 4.91 Å². The number of Topliss-reactive ketones (excluding diaryl/α,β-unsaturated/α-hetero) is 1. The molecule has 5 heteroatoms. The van der Waals surface area contributed by atoms with Crippen LogP contribution in [0.25, 0.3) is 0 Å². The van der Waals surface area contributed by atoms with Gasteiger partial charge in [0.2, 0.25) is 23.1 Å². The van der Waals surface area contributed by atoms with Crippen LogP contribution in [0.3, 0.4) is 0 Å². The number of unbranched alkanes of at least 4 members (excludes halogenated alkanes) is 9. The third kappa shape index (κ3) is 6.53. The van der Waals surface area contributed by atoms with Gasteiger partial charge in [0, 0.05) is 6.08 Å². The molecule has 1 aliphatic carbocycles. The molecule has 0 bridgehead atoms. The summed E-state index contributed by atoms with van der Waals surface area (Å²) in [6.07, 6.45) is 14.3. The second-order valence-electron chi connectivity index (χ2n) is 6.59. The van der Waals surface area contributed by atoms with Gasteiger partial charge in [-0.1, -0.05) is 64.7 Å². The molecular formula is C20H30O4S. The maximum atomic E-state index is 12.3. The van der Waals surface area contributed by atoms with E-state index in [-0.39, 0.29) is 23.1 Å². The van der Waals surface area contributed by atoms with Gasteiger partial charge in [-0.25, -0.2) is 0 Å². The quantitative estimate of drug-likeness (QED) is 0.362. The van der Waals surface area contributed by atoms with Gasteiger partial charge in [-0.05, 0) is 12.2 Å². The van der Waals surface area contributed by atoms with Gasteiger partial charge < -0.3 is 9.47 Å². The highest BCUT2D eigenvalue weighted by Gasteiger charge is 2.33. The fraction of sp³-hybridized carbons (Fsp3) is 0.700. The minimum absolute atomic E-state index is 0.0829. The summed E-state index contributed by atoms with van der Waals surface area (Å²) in [6, 6.07) is 0. The van der Waals surface area contributed by atoms with E-state index in [9.17, 15) is 9.59 Å². The molecule has 2 rings (SSSR count). The Morgan fingerprint density at radius 3 is 2.04 bits per heavy atom. The van der Waals surface area contributed by atoms with Crippen molar-refractivity contribution in [2.24, 2.45) is 0 Å². The fourth-order valence-electron chi connectivity index (χ4n) is 3.01. The van der Waals surface area contributed by atoms with Crippen molar-refractivity contribution >= 4 is 23.3 Å². The van der Waals surface area contributed by atoms with Gasteiger partial charge in [0.1, 0.15) is 13.2 Å². The highest BCUT2D eigenvalue weighted by Crippen LogP contribution is 2.30. The van der Waals surface area contributed by atoms with E-state index in [4.69, 9.17) is 9.47 Å². The SMILES string of the molecule is CCCCCCCCCCCCSC1=CC(=O)C2=C(OCCO2)C1=O. The van der Waals surface area contributed by atoms with Gasteiger partial charge in [-0.15, -0.1) is 11.8 Å². The molecule has 0 fully saturated rings. The summed E-state index contributed by atoms with van der Waals surface area (Å²) < 4.78 is 10.6. The summed E-state index contributed by atoms with van der Waals surface area (Å²) in [7, 11) is 0. The van der Waals surface area contributed by atoms with Crippen LogP contribution in [0.15, 0.2) is 22.5 Å². The van der Waals surface area contributed by atoms with E-state index in [2.05, 4.69) is 6.92 Å². The first kappa shape index (κ1) is 20.1. The van der Waals surface area contributed by atoms with Crippen molar-refractivity contribution < 1.29 is 19.1 Å². The Bertz CT molecular complexity index is 522. The van der Waals surface area contributed by atoms with Crippen LogP contribution < -0.4 is 0 Å². The first-order chi connectivity index (χ1) is 12.2. The monoisotopic (exact) mass is 366 g/mol. The predicted molar refractivity (Wildman–Crippen MR) is 101 cm³/mol. The second-order valence-corrected chi connectivity index (χ2v) is 7.72. The Morgan fingerprint density at radius 1 is 0.840 bits per heavy atom. The molecule has 1 heterocycles. The minimum atomic E-state index is -0.250. The standard InChI is InChI=1S/C20H30O4S/c1-2-3-4-5-6-7-8-9-10-11-14-25-17-15-16(21)19-20(18(17)22)24-13-12-23-19/h15H,2-14H2,1H3. The third-order valence-electron chi connectivity index (χ3n) is 4.45. The highest BCUT2D eigenvalue weighted by molar-refractivity contribution is 8.04.